The molecule has 1 aromatic rings. The summed E-state index contributed by atoms with van der Waals surface area (Å²) < 4.78 is 5.68. The number of anilines is 2. The van der Waals surface area contributed by atoms with E-state index in [1.165, 1.54) is 19.3 Å². The molecule has 2 heterocycles. The summed E-state index contributed by atoms with van der Waals surface area (Å²) in [6, 6.07) is 0. The van der Waals surface area contributed by atoms with Crippen molar-refractivity contribution in [3.05, 3.63) is 11.4 Å². The maximum atomic E-state index is 5.68. The number of hydrogen-bond acceptors (Lipinski definition) is 5. The van der Waals surface area contributed by atoms with E-state index in [-0.39, 0.29) is 0 Å². The molecule has 1 unspecified atom stereocenters. The van der Waals surface area contributed by atoms with Crippen LogP contribution < -0.4 is 10.6 Å². The molecule has 1 saturated carbocycles. The quantitative estimate of drug-likeness (QED) is 0.808. The summed E-state index contributed by atoms with van der Waals surface area (Å²) in [5.41, 5.74) is 1.12. The zero-order valence-electron chi connectivity index (χ0n) is 13.1. The molecule has 21 heavy (non-hydrogen) atoms. The number of hydrogen-bond donors (Lipinski definition) is 2. The van der Waals surface area contributed by atoms with Gasteiger partial charge in [0.1, 0.15) is 17.5 Å². The number of nitrogens with one attached hydrogen (secondary N) is 2. The van der Waals surface area contributed by atoms with Crippen LogP contribution in [0.15, 0.2) is 0 Å². The molecular weight excluding hydrogens is 264 g/mol. The van der Waals surface area contributed by atoms with Gasteiger partial charge in [0, 0.05) is 31.2 Å². The van der Waals surface area contributed by atoms with E-state index in [1.807, 2.05) is 0 Å². The Kier molecular flexibility index (Phi) is 4.58. The number of nitrogens with zero attached hydrogens (tertiary/aromatic N) is 2. The Morgan fingerprint density at radius 3 is 2.52 bits per heavy atom. The van der Waals surface area contributed by atoms with Crippen LogP contribution >= 0.6 is 0 Å². The molecule has 1 aromatic heterocycles. The van der Waals surface area contributed by atoms with Gasteiger partial charge in [-0.3, -0.25) is 0 Å². The molecule has 2 aliphatic rings. The van der Waals surface area contributed by atoms with E-state index >= 15 is 0 Å². The molecule has 1 saturated heterocycles. The summed E-state index contributed by atoms with van der Waals surface area (Å²) in [6.07, 6.45) is 6.19. The normalized spacial score (nSPS) is 21.5. The van der Waals surface area contributed by atoms with Crippen molar-refractivity contribution >= 4 is 11.6 Å². The highest BCUT2D eigenvalue weighted by atomic mass is 16.5. The SMILES string of the molecule is CCCNc1nc(C2CC2)nc(NCC2CCCO2)c1C. The van der Waals surface area contributed by atoms with Crippen LogP contribution in [0.2, 0.25) is 0 Å². The lowest BCUT2D eigenvalue weighted by atomic mass is 10.2. The average molecular weight is 290 g/mol. The van der Waals surface area contributed by atoms with Crippen LogP contribution in [0.5, 0.6) is 0 Å². The van der Waals surface area contributed by atoms with Gasteiger partial charge in [0.25, 0.3) is 0 Å². The third kappa shape index (κ3) is 3.64. The van der Waals surface area contributed by atoms with Crippen LogP contribution in [-0.4, -0.2) is 35.8 Å². The van der Waals surface area contributed by atoms with Gasteiger partial charge >= 0.3 is 0 Å². The first-order chi connectivity index (χ1) is 10.3. The van der Waals surface area contributed by atoms with E-state index in [0.717, 1.165) is 55.6 Å². The molecule has 5 heteroatoms. The molecule has 2 N–H and O–H groups in total. The van der Waals surface area contributed by atoms with Gasteiger partial charge in [0.15, 0.2) is 0 Å². The lowest BCUT2D eigenvalue weighted by molar-refractivity contribution is 0.120. The number of rotatable bonds is 7. The van der Waals surface area contributed by atoms with Crippen molar-refractivity contribution in [2.45, 2.75) is 58.0 Å². The third-order valence-electron chi connectivity index (χ3n) is 4.17. The second-order valence-electron chi connectivity index (χ2n) is 6.12. The van der Waals surface area contributed by atoms with Crippen molar-refractivity contribution in [3.8, 4) is 0 Å². The van der Waals surface area contributed by atoms with Crippen LogP contribution in [-0.2, 0) is 4.74 Å². The van der Waals surface area contributed by atoms with Crippen LogP contribution in [0, 0.1) is 6.92 Å². The van der Waals surface area contributed by atoms with Crippen molar-refractivity contribution < 1.29 is 4.74 Å². The van der Waals surface area contributed by atoms with E-state index in [1.54, 1.807) is 0 Å². The average Bonchev–Trinajstić information content (AvgIpc) is 3.21. The third-order valence-corrected chi connectivity index (χ3v) is 4.17. The maximum Gasteiger partial charge on any atom is 0.136 e. The van der Waals surface area contributed by atoms with Gasteiger partial charge in [-0.15, -0.1) is 0 Å². The Balaban J connectivity index is 1.74. The smallest absolute Gasteiger partial charge is 0.136 e. The molecular formula is C16H26N4O. The van der Waals surface area contributed by atoms with Crippen LogP contribution in [0.25, 0.3) is 0 Å². The summed E-state index contributed by atoms with van der Waals surface area (Å²) in [6.45, 7) is 6.95. The number of ether oxygens (including phenoxy) is 1. The first-order valence-corrected chi connectivity index (χ1v) is 8.25. The van der Waals surface area contributed by atoms with E-state index in [9.17, 15) is 0 Å². The molecule has 0 spiro atoms. The minimum atomic E-state index is 0.329. The van der Waals surface area contributed by atoms with Crippen molar-refractivity contribution in [1.29, 1.82) is 0 Å². The van der Waals surface area contributed by atoms with Crippen molar-refractivity contribution in [2.24, 2.45) is 0 Å². The van der Waals surface area contributed by atoms with Gasteiger partial charge in [-0.05, 0) is 39.0 Å². The predicted molar refractivity (Wildman–Crippen MR) is 85.0 cm³/mol. The predicted octanol–water partition coefficient (Wildman–Crippen LogP) is 3.08. The minimum Gasteiger partial charge on any atom is -0.376 e. The van der Waals surface area contributed by atoms with Crippen molar-refractivity contribution in [1.82, 2.24) is 9.97 Å². The second-order valence-corrected chi connectivity index (χ2v) is 6.12. The Bertz CT molecular complexity index is 481. The minimum absolute atomic E-state index is 0.329. The van der Waals surface area contributed by atoms with Gasteiger partial charge in [0.2, 0.25) is 0 Å². The summed E-state index contributed by atoms with van der Waals surface area (Å²) in [7, 11) is 0. The number of aromatic nitrogens is 2. The lowest BCUT2D eigenvalue weighted by Gasteiger charge is -2.16. The standard InChI is InChI=1S/C16H26N4O/c1-3-8-17-14-11(2)15(18-10-13-5-4-9-21-13)20-16(19-14)12-6-7-12/h12-13H,3-10H2,1-2H3,(H2,17,18,19,20). The zero-order valence-corrected chi connectivity index (χ0v) is 13.1. The van der Waals surface area contributed by atoms with Crippen LogP contribution in [0.3, 0.4) is 0 Å². The fourth-order valence-corrected chi connectivity index (χ4v) is 2.66. The van der Waals surface area contributed by atoms with Gasteiger partial charge < -0.3 is 15.4 Å². The Morgan fingerprint density at radius 1 is 1.14 bits per heavy atom. The van der Waals surface area contributed by atoms with E-state index in [4.69, 9.17) is 14.7 Å². The molecule has 116 valence electrons. The lowest BCUT2D eigenvalue weighted by Crippen LogP contribution is -2.20. The molecule has 3 rings (SSSR count). The highest BCUT2D eigenvalue weighted by molar-refractivity contribution is 5.57. The fraction of sp³-hybridized carbons (Fsp3) is 0.750. The summed E-state index contributed by atoms with van der Waals surface area (Å²) in [4.78, 5) is 9.46. The van der Waals surface area contributed by atoms with Crippen molar-refractivity contribution in [3.63, 3.8) is 0 Å². The van der Waals surface area contributed by atoms with Crippen LogP contribution in [0.4, 0.5) is 11.6 Å². The van der Waals surface area contributed by atoms with E-state index in [2.05, 4.69) is 24.5 Å². The monoisotopic (exact) mass is 290 g/mol. The van der Waals surface area contributed by atoms with Crippen LogP contribution in [0.1, 0.15) is 56.3 Å². The second kappa shape index (κ2) is 6.60. The van der Waals surface area contributed by atoms with Gasteiger partial charge in [-0.25, -0.2) is 9.97 Å². The molecule has 1 aliphatic heterocycles. The largest absolute Gasteiger partial charge is 0.376 e. The maximum absolute atomic E-state index is 5.68. The molecule has 0 amide bonds. The topological polar surface area (TPSA) is 59.1 Å². The molecule has 1 atom stereocenters. The summed E-state index contributed by atoms with van der Waals surface area (Å²) >= 11 is 0. The molecule has 1 aliphatic carbocycles. The molecule has 0 aromatic carbocycles. The highest BCUT2D eigenvalue weighted by Crippen LogP contribution is 2.39. The summed E-state index contributed by atoms with van der Waals surface area (Å²) in [5, 5.41) is 6.91. The summed E-state index contributed by atoms with van der Waals surface area (Å²) in [5.74, 6) is 3.52. The Labute approximate surface area is 126 Å². The van der Waals surface area contributed by atoms with E-state index < -0.39 is 0 Å². The molecule has 2 fully saturated rings. The fourth-order valence-electron chi connectivity index (χ4n) is 2.66. The first kappa shape index (κ1) is 14.6. The van der Waals surface area contributed by atoms with Gasteiger partial charge in [-0.1, -0.05) is 6.92 Å². The Hall–Kier alpha value is -1.36. The highest BCUT2D eigenvalue weighted by Gasteiger charge is 2.28. The molecule has 0 radical (unpaired) electrons. The Morgan fingerprint density at radius 2 is 1.90 bits per heavy atom. The molecule has 0 bridgehead atoms. The molecule has 5 nitrogen and oxygen atoms in total. The van der Waals surface area contributed by atoms with E-state index in [0.29, 0.717) is 12.0 Å². The van der Waals surface area contributed by atoms with Crippen molar-refractivity contribution in [2.75, 3.05) is 30.3 Å². The zero-order chi connectivity index (χ0) is 14.7. The van der Waals surface area contributed by atoms with Gasteiger partial charge in [-0.2, -0.15) is 0 Å². The van der Waals surface area contributed by atoms with Gasteiger partial charge in [0.05, 0.1) is 6.10 Å². The first-order valence-electron chi connectivity index (χ1n) is 8.25.